The summed E-state index contributed by atoms with van der Waals surface area (Å²) < 4.78 is 18.7. The predicted molar refractivity (Wildman–Crippen MR) is 64.2 cm³/mol. The van der Waals surface area contributed by atoms with Crippen molar-refractivity contribution in [1.29, 1.82) is 0 Å². The summed E-state index contributed by atoms with van der Waals surface area (Å²) in [4.78, 5) is 33.0. The molecule has 0 rings (SSSR count). The number of rotatable bonds is 9. The average Bonchev–Trinajstić information content (AvgIpc) is 2.39. The Labute approximate surface area is 111 Å². The number of carbonyl (C=O) groups excluding carboxylic acids is 3. The molecule has 0 aliphatic rings. The third-order valence-electron chi connectivity index (χ3n) is 1.67. The second-order valence-electron chi connectivity index (χ2n) is 3.11. The van der Waals surface area contributed by atoms with Crippen LogP contribution in [-0.2, 0) is 33.3 Å². The van der Waals surface area contributed by atoms with Gasteiger partial charge in [-0.3, -0.25) is 0 Å². The van der Waals surface area contributed by atoms with Gasteiger partial charge in [-0.05, 0) is 13.8 Å². The Morgan fingerprint density at radius 3 is 2.05 bits per heavy atom. The van der Waals surface area contributed by atoms with Gasteiger partial charge in [0.15, 0.2) is 6.61 Å². The predicted octanol–water partition coefficient (Wildman–Crippen LogP) is 0.229. The topological polar surface area (TPSA) is 88.1 Å². The molecule has 0 aromatic carbocycles. The molecule has 0 bridgehead atoms. The first kappa shape index (κ1) is 17.1. The van der Waals surface area contributed by atoms with Gasteiger partial charge in [0.1, 0.15) is 6.61 Å². The Morgan fingerprint density at radius 2 is 1.47 bits per heavy atom. The van der Waals surface area contributed by atoms with Gasteiger partial charge in [-0.15, -0.1) is 0 Å². The van der Waals surface area contributed by atoms with Gasteiger partial charge in [-0.2, -0.15) is 0 Å². The average molecular weight is 274 g/mol. The first-order valence-electron chi connectivity index (χ1n) is 5.85. The van der Waals surface area contributed by atoms with E-state index < -0.39 is 24.5 Å². The van der Waals surface area contributed by atoms with E-state index in [0.717, 1.165) is 12.2 Å². The molecular formula is C12H18O7. The van der Waals surface area contributed by atoms with E-state index in [1.165, 1.54) is 0 Å². The maximum Gasteiger partial charge on any atom is 0.344 e. The highest BCUT2D eigenvalue weighted by Gasteiger charge is 2.06. The SMILES string of the molecule is CCOCCOC(=O)/C=C/C(=O)OCC(=O)OCC. The lowest BCUT2D eigenvalue weighted by molar-refractivity contribution is -0.155. The molecule has 0 N–H and O–H groups in total. The fourth-order valence-corrected chi connectivity index (χ4v) is 0.911. The second kappa shape index (κ2) is 11.2. The molecule has 0 aliphatic heterocycles. The third-order valence-corrected chi connectivity index (χ3v) is 1.67. The van der Waals surface area contributed by atoms with Crippen LogP contribution in [0.1, 0.15) is 13.8 Å². The summed E-state index contributed by atoms with van der Waals surface area (Å²) in [7, 11) is 0. The van der Waals surface area contributed by atoms with Crippen LogP contribution in [0.25, 0.3) is 0 Å². The van der Waals surface area contributed by atoms with E-state index in [1.54, 1.807) is 6.92 Å². The molecular weight excluding hydrogens is 256 g/mol. The van der Waals surface area contributed by atoms with E-state index >= 15 is 0 Å². The maximum absolute atomic E-state index is 11.1. The minimum Gasteiger partial charge on any atom is -0.463 e. The van der Waals surface area contributed by atoms with Crippen LogP contribution in [0.4, 0.5) is 0 Å². The Kier molecular flexibility index (Phi) is 10.1. The van der Waals surface area contributed by atoms with Crippen LogP contribution in [0.3, 0.4) is 0 Å². The Balaban J connectivity index is 3.76. The molecule has 0 amide bonds. The number of hydrogen-bond donors (Lipinski definition) is 0. The van der Waals surface area contributed by atoms with Crippen LogP contribution >= 0.6 is 0 Å². The first-order valence-corrected chi connectivity index (χ1v) is 5.85. The summed E-state index contributed by atoms with van der Waals surface area (Å²) in [6.07, 6.45) is 1.79. The van der Waals surface area contributed by atoms with Crippen molar-refractivity contribution in [2.24, 2.45) is 0 Å². The normalized spacial score (nSPS) is 10.2. The summed E-state index contributed by atoms with van der Waals surface area (Å²) in [5, 5.41) is 0. The summed E-state index contributed by atoms with van der Waals surface area (Å²) in [5.74, 6) is -2.16. The Bertz CT molecular complexity index is 322. The van der Waals surface area contributed by atoms with E-state index in [2.05, 4.69) is 9.47 Å². The van der Waals surface area contributed by atoms with Crippen molar-refractivity contribution in [2.75, 3.05) is 33.0 Å². The molecule has 0 aromatic heterocycles. The molecule has 0 unspecified atom stereocenters. The van der Waals surface area contributed by atoms with Crippen molar-refractivity contribution in [3.05, 3.63) is 12.2 Å². The van der Waals surface area contributed by atoms with Gasteiger partial charge >= 0.3 is 17.9 Å². The molecule has 0 fully saturated rings. The van der Waals surface area contributed by atoms with Crippen molar-refractivity contribution in [1.82, 2.24) is 0 Å². The lowest BCUT2D eigenvalue weighted by Gasteiger charge is -2.02. The molecule has 7 heteroatoms. The molecule has 7 nitrogen and oxygen atoms in total. The summed E-state index contributed by atoms with van der Waals surface area (Å²) in [6.45, 7) is 4.11. The lowest BCUT2D eigenvalue weighted by atomic mass is 10.5. The smallest absolute Gasteiger partial charge is 0.344 e. The van der Waals surface area contributed by atoms with Crippen LogP contribution < -0.4 is 0 Å². The molecule has 108 valence electrons. The molecule has 0 saturated heterocycles. The number of hydrogen-bond acceptors (Lipinski definition) is 7. The minimum absolute atomic E-state index is 0.106. The molecule has 0 aliphatic carbocycles. The molecule has 0 atom stereocenters. The Hall–Kier alpha value is -1.89. The quantitative estimate of drug-likeness (QED) is 0.257. The van der Waals surface area contributed by atoms with E-state index in [4.69, 9.17) is 9.47 Å². The molecule has 0 radical (unpaired) electrons. The van der Waals surface area contributed by atoms with E-state index in [9.17, 15) is 14.4 Å². The van der Waals surface area contributed by atoms with Crippen molar-refractivity contribution < 1.29 is 33.3 Å². The number of ether oxygens (including phenoxy) is 4. The molecule has 0 saturated carbocycles. The van der Waals surface area contributed by atoms with Gasteiger partial charge in [0.05, 0.1) is 13.2 Å². The van der Waals surface area contributed by atoms with Crippen LogP contribution in [0.2, 0.25) is 0 Å². The minimum atomic E-state index is -0.824. The highest BCUT2D eigenvalue weighted by atomic mass is 16.6. The molecule has 0 aromatic rings. The van der Waals surface area contributed by atoms with Gasteiger partial charge < -0.3 is 18.9 Å². The van der Waals surface area contributed by atoms with Crippen molar-refractivity contribution in [3.8, 4) is 0 Å². The van der Waals surface area contributed by atoms with Gasteiger partial charge in [-0.1, -0.05) is 0 Å². The van der Waals surface area contributed by atoms with E-state index in [-0.39, 0.29) is 13.2 Å². The van der Waals surface area contributed by atoms with E-state index in [1.807, 2.05) is 6.92 Å². The fourth-order valence-electron chi connectivity index (χ4n) is 0.911. The van der Waals surface area contributed by atoms with Crippen molar-refractivity contribution >= 4 is 17.9 Å². The zero-order chi connectivity index (χ0) is 14.5. The van der Waals surface area contributed by atoms with Crippen LogP contribution in [0.5, 0.6) is 0 Å². The van der Waals surface area contributed by atoms with Gasteiger partial charge in [-0.25, -0.2) is 14.4 Å². The second-order valence-corrected chi connectivity index (χ2v) is 3.11. The van der Waals surface area contributed by atoms with Gasteiger partial charge in [0.25, 0.3) is 0 Å². The van der Waals surface area contributed by atoms with Crippen molar-refractivity contribution in [3.63, 3.8) is 0 Å². The number of carbonyl (C=O) groups is 3. The van der Waals surface area contributed by atoms with Gasteiger partial charge in [0.2, 0.25) is 0 Å². The largest absolute Gasteiger partial charge is 0.463 e. The summed E-state index contributed by atoms with van der Waals surface area (Å²) in [6, 6.07) is 0. The zero-order valence-corrected chi connectivity index (χ0v) is 11.0. The molecule has 0 spiro atoms. The summed E-state index contributed by atoms with van der Waals surface area (Å²) >= 11 is 0. The highest BCUT2D eigenvalue weighted by molar-refractivity contribution is 5.92. The van der Waals surface area contributed by atoms with Crippen molar-refractivity contribution in [2.45, 2.75) is 13.8 Å². The first-order chi connectivity index (χ1) is 9.10. The van der Waals surface area contributed by atoms with Crippen LogP contribution in [0, 0.1) is 0 Å². The standard InChI is InChI=1S/C12H18O7/c1-3-16-7-8-18-10(13)5-6-11(14)19-9-12(15)17-4-2/h5-6H,3-4,7-9H2,1-2H3/b6-5+. The number of esters is 3. The summed E-state index contributed by atoms with van der Waals surface area (Å²) in [5.41, 5.74) is 0. The van der Waals surface area contributed by atoms with Gasteiger partial charge in [0, 0.05) is 18.8 Å². The van der Waals surface area contributed by atoms with Crippen LogP contribution in [-0.4, -0.2) is 50.9 Å². The highest BCUT2D eigenvalue weighted by Crippen LogP contribution is 1.88. The third kappa shape index (κ3) is 11.0. The lowest BCUT2D eigenvalue weighted by Crippen LogP contribution is -2.15. The maximum atomic E-state index is 11.1. The molecule has 0 heterocycles. The zero-order valence-electron chi connectivity index (χ0n) is 11.0. The monoisotopic (exact) mass is 274 g/mol. The van der Waals surface area contributed by atoms with E-state index in [0.29, 0.717) is 13.2 Å². The fraction of sp³-hybridized carbons (Fsp3) is 0.583. The Morgan fingerprint density at radius 1 is 0.842 bits per heavy atom. The van der Waals surface area contributed by atoms with Crippen LogP contribution in [0.15, 0.2) is 12.2 Å². The molecule has 19 heavy (non-hydrogen) atoms.